The predicted octanol–water partition coefficient (Wildman–Crippen LogP) is 1.12. The molecule has 28 heavy (non-hydrogen) atoms. The Kier molecular flexibility index (Phi) is 3.86. The Balaban J connectivity index is 1.92. The second kappa shape index (κ2) is 6.13. The molecule has 0 spiro atoms. The Labute approximate surface area is 160 Å². The summed E-state index contributed by atoms with van der Waals surface area (Å²) in [4.78, 5) is 38.5. The van der Waals surface area contributed by atoms with Crippen LogP contribution in [0.5, 0.6) is 0 Å². The molecular weight excluding hydrogens is 358 g/mol. The van der Waals surface area contributed by atoms with Crippen molar-refractivity contribution in [3.63, 3.8) is 0 Å². The molecule has 1 aliphatic carbocycles. The highest BCUT2D eigenvalue weighted by atomic mass is 16.4. The molecule has 7 heteroatoms. The van der Waals surface area contributed by atoms with E-state index in [2.05, 4.69) is 5.92 Å². The number of anilines is 1. The number of nitrogens with zero attached hydrogens (tertiary/aromatic N) is 2. The minimum absolute atomic E-state index is 0.258. The smallest absolute Gasteiger partial charge is 0.408 e. The van der Waals surface area contributed by atoms with Crippen LogP contribution in [0, 0.1) is 12.3 Å². The maximum Gasteiger partial charge on any atom is 0.419 e. The van der Waals surface area contributed by atoms with E-state index in [0.29, 0.717) is 16.8 Å². The number of oxazole rings is 1. The standard InChI is InChI=1S/C21H17N3O4/c1-3-18(25)24(15-8-9-17-16(10-15)23(2)20(27)28-17)21(19(22)26)11-13-6-4-5-7-14(13)12-21/h1,4-10H,11-12H2,2H3,(H2,22,26). The molecule has 0 saturated carbocycles. The number of primary amides is 1. The maximum atomic E-state index is 12.8. The van der Waals surface area contributed by atoms with E-state index in [9.17, 15) is 14.4 Å². The fraction of sp³-hybridized carbons (Fsp3) is 0.190. The number of rotatable bonds is 3. The minimum atomic E-state index is -1.33. The number of carbonyl (C=O) groups excluding carboxylic acids is 2. The third-order valence-corrected chi connectivity index (χ3v) is 5.33. The number of nitrogens with two attached hydrogens (primary N) is 1. The quantitative estimate of drug-likeness (QED) is 0.694. The van der Waals surface area contributed by atoms with Crippen LogP contribution >= 0.6 is 0 Å². The molecule has 0 aliphatic heterocycles. The van der Waals surface area contributed by atoms with Gasteiger partial charge in [-0.2, -0.15) is 0 Å². The zero-order chi connectivity index (χ0) is 20.1. The third-order valence-electron chi connectivity index (χ3n) is 5.33. The van der Waals surface area contributed by atoms with E-state index in [0.717, 1.165) is 11.1 Å². The van der Waals surface area contributed by atoms with Crippen molar-refractivity contribution in [1.82, 2.24) is 4.57 Å². The lowest BCUT2D eigenvalue weighted by molar-refractivity contribution is -0.126. The number of aromatic nitrogens is 1. The maximum absolute atomic E-state index is 12.8. The molecule has 0 atom stereocenters. The lowest BCUT2D eigenvalue weighted by atomic mass is 9.91. The molecule has 2 amide bonds. The number of terminal acetylenes is 1. The molecule has 2 N–H and O–H groups in total. The first-order chi connectivity index (χ1) is 13.4. The van der Waals surface area contributed by atoms with E-state index >= 15 is 0 Å². The normalized spacial score (nSPS) is 14.4. The van der Waals surface area contributed by atoms with Crippen molar-refractivity contribution in [2.45, 2.75) is 18.4 Å². The highest BCUT2D eigenvalue weighted by molar-refractivity contribution is 6.12. The molecule has 1 aliphatic rings. The first kappa shape index (κ1) is 17.6. The fourth-order valence-electron chi connectivity index (χ4n) is 3.92. The molecular formula is C21H17N3O4. The van der Waals surface area contributed by atoms with Crippen molar-refractivity contribution in [3.8, 4) is 12.3 Å². The van der Waals surface area contributed by atoms with Crippen LogP contribution in [-0.2, 0) is 29.5 Å². The highest BCUT2D eigenvalue weighted by Crippen LogP contribution is 2.38. The second-order valence-electron chi connectivity index (χ2n) is 6.88. The summed E-state index contributed by atoms with van der Waals surface area (Å²) in [7, 11) is 1.56. The van der Waals surface area contributed by atoms with E-state index in [1.807, 2.05) is 24.3 Å². The highest BCUT2D eigenvalue weighted by Gasteiger charge is 2.50. The SMILES string of the molecule is C#CC(=O)N(c1ccc2oc(=O)n(C)c2c1)C1(C(N)=O)Cc2ccccc2C1. The summed E-state index contributed by atoms with van der Waals surface area (Å²) in [6, 6.07) is 12.3. The number of aryl methyl sites for hydroxylation is 1. The van der Waals surface area contributed by atoms with Gasteiger partial charge in [0.05, 0.1) is 5.52 Å². The van der Waals surface area contributed by atoms with Crippen LogP contribution in [0.25, 0.3) is 11.1 Å². The van der Waals surface area contributed by atoms with Gasteiger partial charge < -0.3 is 10.2 Å². The van der Waals surface area contributed by atoms with Gasteiger partial charge in [-0.05, 0) is 35.2 Å². The van der Waals surface area contributed by atoms with Crippen molar-refractivity contribution in [3.05, 3.63) is 64.1 Å². The van der Waals surface area contributed by atoms with Gasteiger partial charge in [0.15, 0.2) is 5.58 Å². The van der Waals surface area contributed by atoms with Gasteiger partial charge >= 0.3 is 11.7 Å². The zero-order valence-corrected chi connectivity index (χ0v) is 15.1. The van der Waals surface area contributed by atoms with Gasteiger partial charge in [-0.15, -0.1) is 6.42 Å². The Hall–Kier alpha value is -3.79. The Morgan fingerprint density at radius 3 is 2.43 bits per heavy atom. The van der Waals surface area contributed by atoms with E-state index in [-0.39, 0.29) is 12.8 Å². The number of benzene rings is 2. The summed E-state index contributed by atoms with van der Waals surface area (Å²) in [6.07, 6.45) is 5.94. The van der Waals surface area contributed by atoms with Crippen LogP contribution in [0.1, 0.15) is 11.1 Å². The molecule has 1 heterocycles. The number of hydrogen-bond acceptors (Lipinski definition) is 4. The van der Waals surface area contributed by atoms with E-state index in [4.69, 9.17) is 16.6 Å². The Bertz CT molecular complexity index is 1200. The van der Waals surface area contributed by atoms with Gasteiger partial charge in [0.2, 0.25) is 5.91 Å². The van der Waals surface area contributed by atoms with E-state index < -0.39 is 23.1 Å². The lowest BCUT2D eigenvalue weighted by Gasteiger charge is -2.37. The van der Waals surface area contributed by atoms with Crippen LogP contribution < -0.4 is 16.4 Å². The number of hydrogen-bond donors (Lipinski definition) is 1. The van der Waals surface area contributed by atoms with Gasteiger partial charge in [-0.3, -0.25) is 19.1 Å². The fourth-order valence-corrected chi connectivity index (χ4v) is 3.92. The molecule has 4 rings (SSSR count). The average Bonchev–Trinajstić information content (AvgIpc) is 3.21. The molecule has 0 saturated heterocycles. The van der Waals surface area contributed by atoms with Crippen molar-refractivity contribution in [2.24, 2.45) is 12.8 Å². The summed E-state index contributed by atoms with van der Waals surface area (Å²) >= 11 is 0. The summed E-state index contributed by atoms with van der Waals surface area (Å²) in [6.45, 7) is 0. The summed E-state index contributed by atoms with van der Waals surface area (Å²) in [5.74, 6) is 0.248. The predicted molar refractivity (Wildman–Crippen MR) is 104 cm³/mol. The Morgan fingerprint density at radius 2 is 1.86 bits per heavy atom. The summed E-state index contributed by atoms with van der Waals surface area (Å²) in [5.41, 5.74) is 7.58. The van der Waals surface area contributed by atoms with Crippen LogP contribution in [0.2, 0.25) is 0 Å². The molecule has 0 bridgehead atoms. The van der Waals surface area contributed by atoms with Gasteiger partial charge in [-0.1, -0.05) is 24.3 Å². The second-order valence-corrected chi connectivity index (χ2v) is 6.88. The van der Waals surface area contributed by atoms with Crippen molar-refractivity contribution < 1.29 is 14.0 Å². The van der Waals surface area contributed by atoms with Crippen molar-refractivity contribution >= 4 is 28.6 Å². The van der Waals surface area contributed by atoms with E-state index in [1.54, 1.807) is 25.2 Å². The zero-order valence-electron chi connectivity index (χ0n) is 15.1. The lowest BCUT2D eigenvalue weighted by Crippen LogP contribution is -2.61. The molecule has 1 aromatic heterocycles. The molecule has 0 unspecified atom stereocenters. The van der Waals surface area contributed by atoms with Crippen LogP contribution in [0.15, 0.2) is 51.7 Å². The molecule has 7 nitrogen and oxygen atoms in total. The first-order valence-corrected chi connectivity index (χ1v) is 8.64. The van der Waals surface area contributed by atoms with Crippen molar-refractivity contribution in [2.75, 3.05) is 4.90 Å². The molecule has 0 radical (unpaired) electrons. The van der Waals surface area contributed by atoms with Gasteiger partial charge in [0.25, 0.3) is 0 Å². The average molecular weight is 375 g/mol. The summed E-state index contributed by atoms with van der Waals surface area (Å²) in [5, 5.41) is 0. The van der Waals surface area contributed by atoms with E-state index in [1.165, 1.54) is 9.47 Å². The van der Waals surface area contributed by atoms with Gasteiger partial charge in [-0.25, -0.2) is 4.79 Å². The number of fused-ring (bicyclic) bond motifs is 2. The number of amides is 2. The number of carbonyl (C=O) groups is 2. The van der Waals surface area contributed by atoms with Crippen LogP contribution in [0.3, 0.4) is 0 Å². The molecule has 2 aromatic carbocycles. The topological polar surface area (TPSA) is 98.5 Å². The van der Waals surface area contributed by atoms with Crippen molar-refractivity contribution in [1.29, 1.82) is 0 Å². The molecule has 3 aromatic rings. The van der Waals surface area contributed by atoms with Gasteiger partial charge in [0, 0.05) is 25.6 Å². The first-order valence-electron chi connectivity index (χ1n) is 8.64. The van der Waals surface area contributed by atoms with Gasteiger partial charge in [0.1, 0.15) is 5.54 Å². The molecule has 140 valence electrons. The third kappa shape index (κ3) is 2.42. The van der Waals surface area contributed by atoms with Crippen LogP contribution in [0.4, 0.5) is 5.69 Å². The minimum Gasteiger partial charge on any atom is -0.408 e. The Morgan fingerprint density at radius 1 is 1.21 bits per heavy atom. The largest absolute Gasteiger partial charge is 0.419 e. The monoisotopic (exact) mass is 375 g/mol. The van der Waals surface area contributed by atoms with Crippen LogP contribution in [-0.4, -0.2) is 21.9 Å². The summed E-state index contributed by atoms with van der Waals surface area (Å²) < 4.78 is 6.46. The molecule has 0 fully saturated rings.